The number of para-hydroxylation sites is 2. The average Bonchev–Trinajstić information content (AvgIpc) is 2.67. The Morgan fingerprint density at radius 3 is 2.85 bits per heavy atom. The first-order valence-electron chi connectivity index (χ1n) is 8.75. The Labute approximate surface area is 155 Å². The van der Waals surface area contributed by atoms with Gasteiger partial charge in [0, 0.05) is 33.0 Å². The summed E-state index contributed by atoms with van der Waals surface area (Å²) in [5, 5.41) is 5.13. The molecule has 0 radical (unpaired) electrons. The number of H-pyrrole nitrogens is 1. The number of carbonyl (C=O) groups is 3. The molecule has 1 aliphatic heterocycles. The van der Waals surface area contributed by atoms with Crippen LogP contribution in [0.25, 0.3) is 11.0 Å². The van der Waals surface area contributed by atoms with Crippen molar-refractivity contribution in [3.63, 3.8) is 0 Å². The number of piperazine rings is 1. The van der Waals surface area contributed by atoms with E-state index in [1.807, 2.05) is 6.07 Å². The van der Waals surface area contributed by atoms with Crippen LogP contribution in [-0.2, 0) is 20.8 Å². The lowest BCUT2D eigenvalue weighted by Crippen LogP contribution is -2.58. The number of carbonyl (C=O) groups excluding carboxylic acids is 3. The lowest BCUT2D eigenvalue weighted by molar-refractivity contribution is -0.145. The monoisotopic (exact) mass is 371 g/mol. The lowest BCUT2D eigenvalue weighted by atomic mass is 10.1. The molecule has 9 nitrogen and oxygen atoms in total. The van der Waals surface area contributed by atoms with Crippen LogP contribution in [0.1, 0.15) is 18.5 Å². The van der Waals surface area contributed by atoms with Gasteiger partial charge in [-0.3, -0.25) is 19.2 Å². The van der Waals surface area contributed by atoms with Crippen molar-refractivity contribution < 1.29 is 14.4 Å². The topological polar surface area (TPSA) is 124 Å². The third-order valence-corrected chi connectivity index (χ3v) is 4.55. The molecular formula is C18H21N5O4. The summed E-state index contributed by atoms with van der Waals surface area (Å²) < 4.78 is 0. The van der Waals surface area contributed by atoms with E-state index in [1.54, 1.807) is 18.2 Å². The van der Waals surface area contributed by atoms with E-state index in [1.165, 1.54) is 11.9 Å². The molecule has 2 heterocycles. The Bertz CT molecular complexity index is 939. The number of hydrogen-bond acceptors (Lipinski definition) is 5. The van der Waals surface area contributed by atoms with E-state index in [4.69, 9.17) is 0 Å². The molecule has 142 valence electrons. The molecule has 1 fully saturated rings. The van der Waals surface area contributed by atoms with Gasteiger partial charge in [0.25, 0.3) is 5.56 Å². The molecule has 0 aliphatic carbocycles. The summed E-state index contributed by atoms with van der Waals surface area (Å²) in [6.07, 6.45) is 0.0959. The number of rotatable bonds is 5. The fourth-order valence-corrected chi connectivity index (χ4v) is 3.10. The molecule has 27 heavy (non-hydrogen) atoms. The number of benzene rings is 1. The SMILES string of the molecule is CNC(=O)CC1C(=O)NCCN1C(=O)CCc1nc2ccccc2[nH]c1=O. The van der Waals surface area contributed by atoms with E-state index in [-0.39, 0.29) is 48.2 Å². The Balaban J connectivity index is 1.72. The predicted molar refractivity (Wildman–Crippen MR) is 97.9 cm³/mol. The fraction of sp³-hybridized carbons (Fsp3) is 0.389. The summed E-state index contributed by atoms with van der Waals surface area (Å²) >= 11 is 0. The van der Waals surface area contributed by atoms with E-state index >= 15 is 0 Å². The van der Waals surface area contributed by atoms with Crippen molar-refractivity contribution in [2.24, 2.45) is 0 Å². The fourth-order valence-electron chi connectivity index (χ4n) is 3.10. The molecular weight excluding hydrogens is 350 g/mol. The number of aryl methyl sites for hydroxylation is 1. The number of amides is 3. The van der Waals surface area contributed by atoms with E-state index < -0.39 is 6.04 Å². The molecule has 1 atom stereocenters. The maximum atomic E-state index is 12.6. The predicted octanol–water partition coefficient (Wildman–Crippen LogP) is -0.681. The summed E-state index contributed by atoms with van der Waals surface area (Å²) in [6, 6.07) is 6.32. The molecule has 3 rings (SSSR count). The quantitative estimate of drug-likeness (QED) is 0.642. The van der Waals surface area contributed by atoms with Crippen molar-refractivity contribution >= 4 is 28.8 Å². The second-order valence-corrected chi connectivity index (χ2v) is 6.30. The molecule has 0 saturated carbocycles. The second kappa shape index (κ2) is 7.98. The zero-order valence-corrected chi connectivity index (χ0v) is 14.9. The van der Waals surface area contributed by atoms with Gasteiger partial charge in [-0.15, -0.1) is 0 Å². The Morgan fingerprint density at radius 1 is 1.30 bits per heavy atom. The van der Waals surface area contributed by atoms with E-state index in [0.717, 1.165) is 0 Å². The van der Waals surface area contributed by atoms with Crippen LogP contribution >= 0.6 is 0 Å². The molecule has 2 aromatic rings. The normalized spacial score (nSPS) is 16.9. The summed E-state index contributed by atoms with van der Waals surface area (Å²) in [4.78, 5) is 57.0. The molecule has 1 unspecified atom stereocenters. The minimum absolute atomic E-state index is 0.0337. The minimum atomic E-state index is -0.839. The first-order chi connectivity index (χ1) is 13.0. The number of aromatic amines is 1. The highest BCUT2D eigenvalue weighted by atomic mass is 16.2. The number of nitrogens with zero attached hydrogens (tertiary/aromatic N) is 2. The molecule has 0 spiro atoms. The maximum absolute atomic E-state index is 12.6. The number of fused-ring (bicyclic) bond motifs is 1. The highest BCUT2D eigenvalue weighted by Gasteiger charge is 2.34. The Kier molecular flexibility index (Phi) is 5.49. The van der Waals surface area contributed by atoms with Crippen molar-refractivity contribution in [1.82, 2.24) is 25.5 Å². The Morgan fingerprint density at radius 2 is 2.07 bits per heavy atom. The molecule has 3 amide bonds. The van der Waals surface area contributed by atoms with Crippen LogP contribution in [0.2, 0.25) is 0 Å². The molecule has 0 bridgehead atoms. The maximum Gasteiger partial charge on any atom is 0.270 e. The van der Waals surface area contributed by atoms with Gasteiger partial charge in [0.1, 0.15) is 11.7 Å². The zero-order valence-electron chi connectivity index (χ0n) is 14.9. The Hall–Kier alpha value is -3.23. The molecule has 9 heteroatoms. The number of nitrogens with one attached hydrogen (secondary N) is 3. The van der Waals surface area contributed by atoms with Gasteiger partial charge in [-0.05, 0) is 12.1 Å². The molecule has 1 aromatic heterocycles. The van der Waals surface area contributed by atoms with Crippen LogP contribution in [0, 0.1) is 0 Å². The summed E-state index contributed by atoms with van der Waals surface area (Å²) in [5.74, 6) is -0.949. The highest BCUT2D eigenvalue weighted by Crippen LogP contribution is 2.12. The second-order valence-electron chi connectivity index (χ2n) is 6.30. The minimum Gasteiger partial charge on any atom is -0.359 e. The van der Waals surface area contributed by atoms with Crippen molar-refractivity contribution in [3.05, 3.63) is 40.3 Å². The third-order valence-electron chi connectivity index (χ3n) is 4.55. The van der Waals surface area contributed by atoms with Crippen molar-refractivity contribution in [1.29, 1.82) is 0 Å². The molecule has 1 saturated heterocycles. The van der Waals surface area contributed by atoms with Crippen LogP contribution in [0.15, 0.2) is 29.1 Å². The van der Waals surface area contributed by atoms with Crippen LogP contribution in [0.3, 0.4) is 0 Å². The first-order valence-corrected chi connectivity index (χ1v) is 8.75. The van der Waals surface area contributed by atoms with Crippen LogP contribution in [-0.4, -0.2) is 58.8 Å². The van der Waals surface area contributed by atoms with Crippen LogP contribution in [0.5, 0.6) is 0 Å². The molecule has 3 N–H and O–H groups in total. The zero-order chi connectivity index (χ0) is 19.4. The van der Waals surface area contributed by atoms with Gasteiger partial charge in [-0.1, -0.05) is 12.1 Å². The number of hydrogen-bond donors (Lipinski definition) is 3. The standard InChI is InChI=1S/C18H21N5O4/c1-19-15(24)10-14-18(27)20-8-9-23(14)16(25)7-6-13-17(26)22-12-5-3-2-4-11(12)21-13/h2-5,14H,6-10H2,1H3,(H,19,24)(H,20,27)(H,22,26). The molecule has 1 aromatic carbocycles. The summed E-state index contributed by atoms with van der Waals surface area (Å²) in [7, 11) is 1.48. The van der Waals surface area contributed by atoms with Gasteiger partial charge < -0.3 is 20.5 Å². The summed E-state index contributed by atoms with van der Waals surface area (Å²) in [5.41, 5.74) is 1.22. The third kappa shape index (κ3) is 4.13. The summed E-state index contributed by atoms with van der Waals surface area (Å²) in [6.45, 7) is 0.664. The van der Waals surface area contributed by atoms with Gasteiger partial charge >= 0.3 is 0 Å². The van der Waals surface area contributed by atoms with Gasteiger partial charge in [-0.25, -0.2) is 4.98 Å². The average molecular weight is 371 g/mol. The van der Waals surface area contributed by atoms with Gasteiger partial charge in [0.15, 0.2) is 0 Å². The van der Waals surface area contributed by atoms with Gasteiger partial charge in [-0.2, -0.15) is 0 Å². The van der Waals surface area contributed by atoms with Crippen molar-refractivity contribution in [2.45, 2.75) is 25.3 Å². The van der Waals surface area contributed by atoms with Gasteiger partial charge in [0.05, 0.1) is 17.5 Å². The largest absolute Gasteiger partial charge is 0.359 e. The lowest BCUT2D eigenvalue weighted by Gasteiger charge is -2.34. The highest BCUT2D eigenvalue weighted by molar-refractivity contribution is 5.92. The van der Waals surface area contributed by atoms with Gasteiger partial charge in [0.2, 0.25) is 17.7 Å². The number of aromatic nitrogens is 2. The molecule has 1 aliphatic rings. The van der Waals surface area contributed by atoms with E-state index in [9.17, 15) is 19.2 Å². The van der Waals surface area contributed by atoms with E-state index in [0.29, 0.717) is 24.1 Å². The first kappa shape index (κ1) is 18.6. The van der Waals surface area contributed by atoms with Crippen molar-refractivity contribution in [2.75, 3.05) is 20.1 Å². The van der Waals surface area contributed by atoms with Crippen molar-refractivity contribution in [3.8, 4) is 0 Å². The van der Waals surface area contributed by atoms with Crippen LogP contribution in [0.4, 0.5) is 0 Å². The van der Waals surface area contributed by atoms with E-state index in [2.05, 4.69) is 20.6 Å². The smallest absolute Gasteiger partial charge is 0.270 e. The van der Waals surface area contributed by atoms with Crippen LogP contribution < -0.4 is 16.2 Å².